The third-order valence-electron chi connectivity index (χ3n) is 4.66. The first-order valence-corrected chi connectivity index (χ1v) is 8.05. The molecule has 1 aliphatic heterocycles. The number of carbonyl (C=O) groups is 1. The van der Waals surface area contributed by atoms with Crippen molar-refractivity contribution in [1.82, 2.24) is 14.9 Å². The number of aryl methyl sites for hydroxylation is 1. The zero-order chi connectivity index (χ0) is 16.4. The highest BCUT2D eigenvalue weighted by Gasteiger charge is 2.37. The summed E-state index contributed by atoms with van der Waals surface area (Å²) in [5.41, 5.74) is 8.62. The second kappa shape index (κ2) is 6.36. The van der Waals surface area contributed by atoms with Crippen LogP contribution in [0.3, 0.4) is 0 Å². The number of nitrogens with two attached hydrogens (primary N) is 1. The van der Waals surface area contributed by atoms with Crippen molar-refractivity contribution in [2.75, 3.05) is 12.3 Å². The summed E-state index contributed by atoms with van der Waals surface area (Å²) in [5, 5.41) is 0. The molecule has 1 aliphatic rings. The molecule has 0 unspecified atom stereocenters. The van der Waals surface area contributed by atoms with Gasteiger partial charge in [-0.1, -0.05) is 36.8 Å². The lowest BCUT2D eigenvalue weighted by molar-refractivity contribution is 0.0722. The van der Waals surface area contributed by atoms with E-state index in [-0.39, 0.29) is 23.5 Å². The molecule has 2 aromatic rings. The minimum atomic E-state index is -0.114. The van der Waals surface area contributed by atoms with E-state index >= 15 is 0 Å². The van der Waals surface area contributed by atoms with Gasteiger partial charge in [-0.25, -0.2) is 9.97 Å². The van der Waals surface area contributed by atoms with Crippen LogP contribution in [-0.2, 0) is 0 Å². The molecule has 1 aromatic carbocycles. The number of carbonyl (C=O) groups excluding carboxylic acids is 1. The fraction of sp³-hybridized carbons (Fsp3) is 0.389. The van der Waals surface area contributed by atoms with Crippen molar-refractivity contribution in [3.05, 3.63) is 53.5 Å². The van der Waals surface area contributed by atoms with Crippen molar-refractivity contribution in [3.8, 4) is 0 Å². The lowest BCUT2D eigenvalue weighted by atomic mass is 9.90. The SMILES string of the molecule is CC[C@H]1[C@H](c2ccc(C)cc2)CCN1C(=O)c1nccnc1N. The van der Waals surface area contributed by atoms with Gasteiger partial charge in [-0.3, -0.25) is 4.79 Å². The molecule has 0 spiro atoms. The Balaban J connectivity index is 1.86. The molecular formula is C18H22N4O. The molecule has 1 fully saturated rings. The molecule has 0 radical (unpaired) electrons. The number of aromatic nitrogens is 2. The zero-order valence-corrected chi connectivity index (χ0v) is 13.6. The van der Waals surface area contributed by atoms with Crippen molar-refractivity contribution in [3.63, 3.8) is 0 Å². The van der Waals surface area contributed by atoms with Crippen LogP contribution in [0.25, 0.3) is 0 Å². The molecule has 5 nitrogen and oxygen atoms in total. The van der Waals surface area contributed by atoms with E-state index in [9.17, 15) is 4.79 Å². The highest BCUT2D eigenvalue weighted by molar-refractivity contribution is 5.96. The topological polar surface area (TPSA) is 72.1 Å². The Morgan fingerprint density at radius 3 is 2.61 bits per heavy atom. The molecule has 3 rings (SSSR count). The van der Waals surface area contributed by atoms with Gasteiger partial charge in [-0.15, -0.1) is 0 Å². The van der Waals surface area contributed by atoms with Gasteiger partial charge in [0.2, 0.25) is 0 Å². The Morgan fingerprint density at radius 1 is 1.26 bits per heavy atom. The Labute approximate surface area is 136 Å². The number of likely N-dealkylation sites (tertiary alicyclic amines) is 1. The Kier molecular flexibility index (Phi) is 4.28. The summed E-state index contributed by atoms with van der Waals surface area (Å²) in [5.74, 6) is 0.450. The third kappa shape index (κ3) is 2.91. The second-order valence-electron chi connectivity index (χ2n) is 6.07. The molecule has 2 heterocycles. The van der Waals surface area contributed by atoms with Crippen molar-refractivity contribution in [2.45, 2.75) is 38.6 Å². The number of anilines is 1. The predicted molar refractivity (Wildman–Crippen MR) is 90.1 cm³/mol. The molecular weight excluding hydrogens is 288 g/mol. The van der Waals surface area contributed by atoms with Crippen LogP contribution >= 0.6 is 0 Å². The minimum Gasteiger partial charge on any atom is -0.382 e. The maximum atomic E-state index is 12.8. The monoisotopic (exact) mass is 310 g/mol. The smallest absolute Gasteiger partial charge is 0.276 e. The van der Waals surface area contributed by atoms with Gasteiger partial charge < -0.3 is 10.6 Å². The lowest BCUT2D eigenvalue weighted by Crippen LogP contribution is -2.38. The van der Waals surface area contributed by atoms with E-state index < -0.39 is 0 Å². The van der Waals surface area contributed by atoms with Gasteiger partial charge in [-0.05, 0) is 25.3 Å². The number of nitrogens with zero attached hydrogens (tertiary/aromatic N) is 3. The molecule has 0 saturated carbocycles. The normalized spacial score (nSPS) is 20.7. The summed E-state index contributed by atoms with van der Waals surface area (Å²) in [4.78, 5) is 22.8. The van der Waals surface area contributed by atoms with Crippen LogP contribution in [0.15, 0.2) is 36.7 Å². The van der Waals surface area contributed by atoms with E-state index in [0.717, 1.165) is 19.4 Å². The molecule has 23 heavy (non-hydrogen) atoms. The van der Waals surface area contributed by atoms with Crippen LogP contribution < -0.4 is 5.73 Å². The van der Waals surface area contributed by atoms with Crippen molar-refractivity contribution in [1.29, 1.82) is 0 Å². The summed E-state index contributed by atoms with van der Waals surface area (Å²) in [7, 11) is 0. The van der Waals surface area contributed by atoms with Crippen molar-refractivity contribution in [2.24, 2.45) is 0 Å². The zero-order valence-electron chi connectivity index (χ0n) is 13.6. The maximum absolute atomic E-state index is 12.8. The first-order valence-electron chi connectivity index (χ1n) is 8.05. The van der Waals surface area contributed by atoms with Gasteiger partial charge in [0.25, 0.3) is 5.91 Å². The molecule has 1 aromatic heterocycles. The average Bonchev–Trinajstić information content (AvgIpc) is 2.99. The Morgan fingerprint density at radius 2 is 1.96 bits per heavy atom. The Hall–Kier alpha value is -2.43. The van der Waals surface area contributed by atoms with Crippen molar-refractivity contribution < 1.29 is 4.79 Å². The number of benzene rings is 1. The van der Waals surface area contributed by atoms with E-state index in [1.54, 1.807) is 0 Å². The van der Waals surface area contributed by atoms with Crippen LogP contribution in [0.2, 0.25) is 0 Å². The number of hydrogen-bond donors (Lipinski definition) is 1. The van der Waals surface area contributed by atoms with Gasteiger partial charge in [-0.2, -0.15) is 0 Å². The molecule has 0 aliphatic carbocycles. The lowest BCUT2D eigenvalue weighted by Gasteiger charge is -2.27. The quantitative estimate of drug-likeness (QED) is 0.946. The van der Waals surface area contributed by atoms with Gasteiger partial charge in [0.05, 0.1) is 0 Å². The second-order valence-corrected chi connectivity index (χ2v) is 6.07. The summed E-state index contributed by atoms with van der Waals surface area (Å²) in [6, 6.07) is 8.78. The fourth-order valence-corrected chi connectivity index (χ4v) is 3.46. The summed E-state index contributed by atoms with van der Waals surface area (Å²) < 4.78 is 0. The van der Waals surface area contributed by atoms with Crippen molar-refractivity contribution >= 4 is 11.7 Å². The summed E-state index contributed by atoms with van der Waals surface area (Å²) >= 11 is 0. The Bertz CT molecular complexity index is 698. The fourth-order valence-electron chi connectivity index (χ4n) is 3.46. The third-order valence-corrected chi connectivity index (χ3v) is 4.66. The standard InChI is InChI=1S/C18H22N4O/c1-3-15-14(13-6-4-12(2)5-7-13)8-11-22(15)18(23)16-17(19)21-10-9-20-16/h4-7,9-10,14-15H,3,8,11H2,1-2H3,(H2,19,21)/t14-,15-/m0/s1. The summed E-state index contributed by atoms with van der Waals surface area (Å²) in [6.07, 6.45) is 4.89. The van der Waals surface area contributed by atoms with Crippen LogP contribution in [0.1, 0.15) is 47.3 Å². The highest BCUT2D eigenvalue weighted by atomic mass is 16.2. The molecule has 1 amide bonds. The van der Waals surface area contributed by atoms with E-state index in [1.807, 2.05) is 4.90 Å². The van der Waals surface area contributed by atoms with Gasteiger partial charge in [0, 0.05) is 30.9 Å². The molecule has 2 N–H and O–H groups in total. The first-order chi connectivity index (χ1) is 11.1. The van der Waals surface area contributed by atoms with Crippen LogP contribution in [0.5, 0.6) is 0 Å². The highest BCUT2D eigenvalue weighted by Crippen LogP contribution is 2.36. The van der Waals surface area contributed by atoms with E-state index in [4.69, 9.17) is 5.73 Å². The molecule has 0 bridgehead atoms. The number of amides is 1. The van der Waals surface area contributed by atoms with Crippen LogP contribution in [0.4, 0.5) is 5.82 Å². The van der Waals surface area contributed by atoms with E-state index in [1.165, 1.54) is 23.5 Å². The maximum Gasteiger partial charge on any atom is 0.276 e. The summed E-state index contributed by atoms with van der Waals surface area (Å²) in [6.45, 7) is 4.94. The predicted octanol–water partition coefficient (Wildman–Crippen LogP) is 2.78. The molecule has 2 atom stereocenters. The average molecular weight is 310 g/mol. The van der Waals surface area contributed by atoms with Gasteiger partial charge in [0.1, 0.15) is 0 Å². The largest absolute Gasteiger partial charge is 0.382 e. The van der Waals surface area contributed by atoms with Gasteiger partial charge in [0.15, 0.2) is 11.5 Å². The number of nitrogen functional groups attached to an aromatic ring is 1. The molecule has 5 heteroatoms. The molecule has 1 saturated heterocycles. The molecule has 120 valence electrons. The van der Waals surface area contributed by atoms with Crippen LogP contribution in [-0.4, -0.2) is 33.4 Å². The first kappa shape index (κ1) is 15.5. The number of rotatable bonds is 3. The van der Waals surface area contributed by atoms with E-state index in [0.29, 0.717) is 5.92 Å². The van der Waals surface area contributed by atoms with E-state index in [2.05, 4.69) is 48.1 Å². The van der Waals surface area contributed by atoms with Gasteiger partial charge >= 0.3 is 0 Å². The van der Waals surface area contributed by atoms with Crippen LogP contribution in [0, 0.1) is 6.92 Å². The number of hydrogen-bond acceptors (Lipinski definition) is 4. The minimum absolute atomic E-state index is 0.114.